The molecule has 0 saturated heterocycles. The predicted octanol–water partition coefficient (Wildman–Crippen LogP) is 3.71. The highest BCUT2D eigenvalue weighted by molar-refractivity contribution is 6.18. The monoisotopic (exact) mass is 289 g/mol. The molecule has 1 saturated carbocycles. The van der Waals surface area contributed by atoms with E-state index < -0.39 is 0 Å². The van der Waals surface area contributed by atoms with Gasteiger partial charge in [0.15, 0.2) is 0 Å². The third kappa shape index (κ3) is 2.83. The van der Waals surface area contributed by atoms with Gasteiger partial charge in [-0.25, -0.2) is 0 Å². The highest BCUT2D eigenvalue weighted by atomic mass is 16.2. The van der Waals surface area contributed by atoms with E-state index in [1.807, 2.05) is 0 Å². The third-order valence-corrected chi connectivity index (χ3v) is 5.32. The molecule has 3 nitrogen and oxygen atoms in total. The summed E-state index contributed by atoms with van der Waals surface area (Å²) in [5, 5.41) is 0. The van der Waals surface area contributed by atoms with Crippen molar-refractivity contribution >= 4 is 11.8 Å². The van der Waals surface area contributed by atoms with E-state index in [0.29, 0.717) is 17.7 Å². The first-order valence-electron chi connectivity index (χ1n) is 7.80. The molecule has 1 aliphatic heterocycles. The minimum absolute atomic E-state index is 0. The topological polar surface area (TPSA) is 37.4 Å². The van der Waals surface area contributed by atoms with E-state index in [4.69, 9.17) is 0 Å². The zero-order chi connectivity index (χ0) is 14.3. The van der Waals surface area contributed by atoms with Crippen molar-refractivity contribution in [2.45, 2.75) is 53.4 Å². The lowest BCUT2D eigenvalue weighted by Gasteiger charge is -2.19. The molecule has 0 aromatic carbocycles. The van der Waals surface area contributed by atoms with Crippen molar-refractivity contribution in [3.8, 4) is 0 Å². The van der Waals surface area contributed by atoms with E-state index >= 15 is 0 Å². The van der Waals surface area contributed by atoms with Crippen LogP contribution >= 0.6 is 0 Å². The molecule has 1 fully saturated rings. The largest absolute Gasteiger partial charge is 0.275 e. The molecule has 116 valence electrons. The molecule has 1 heterocycles. The zero-order valence-electron chi connectivity index (χ0n) is 12.4. The van der Waals surface area contributed by atoms with E-state index in [-0.39, 0.29) is 19.2 Å². The molecule has 3 rings (SSSR count). The van der Waals surface area contributed by atoms with Crippen LogP contribution in [0.2, 0.25) is 0 Å². The summed E-state index contributed by atoms with van der Waals surface area (Å²) in [7, 11) is 0. The van der Waals surface area contributed by atoms with E-state index in [2.05, 4.69) is 12.2 Å². The van der Waals surface area contributed by atoms with Crippen LogP contribution in [0.25, 0.3) is 0 Å². The van der Waals surface area contributed by atoms with E-state index in [1.165, 1.54) is 24.2 Å². The number of hydrogen-bond donors (Lipinski definition) is 0. The smallest absolute Gasteiger partial charge is 0.256 e. The Morgan fingerprint density at radius 1 is 1.05 bits per heavy atom. The second kappa shape index (κ2) is 6.17. The number of hydrogen-bond acceptors (Lipinski definition) is 2. The van der Waals surface area contributed by atoms with Gasteiger partial charge in [0, 0.05) is 17.7 Å². The molecule has 2 amide bonds. The highest BCUT2D eigenvalue weighted by Gasteiger charge is 2.35. The van der Waals surface area contributed by atoms with Gasteiger partial charge in [-0.3, -0.25) is 14.5 Å². The molecule has 2 aliphatic carbocycles. The quantitative estimate of drug-likeness (QED) is 0.439. The molecular formula is C18H27NO2. The maximum Gasteiger partial charge on any atom is 0.256 e. The fourth-order valence-electron chi connectivity index (χ4n) is 3.92. The van der Waals surface area contributed by atoms with Crippen molar-refractivity contribution in [2.24, 2.45) is 17.8 Å². The summed E-state index contributed by atoms with van der Waals surface area (Å²) >= 11 is 0. The Morgan fingerprint density at radius 2 is 1.71 bits per heavy atom. The minimum Gasteiger partial charge on any atom is -0.275 e. The average Bonchev–Trinajstić information content (AvgIpc) is 3.10. The Balaban J connectivity index is 0.00000161. The van der Waals surface area contributed by atoms with Crippen molar-refractivity contribution in [3.63, 3.8) is 0 Å². The van der Waals surface area contributed by atoms with Crippen LogP contribution in [0.15, 0.2) is 23.3 Å². The van der Waals surface area contributed by atoms with Crippen molar-refractivity contribution in [1.29, 1.82) is 0 Å². The van der Waals surface area contributed by atoms with Gasteiger partial charge in [-0.05, 0) is 57.3 Å². The molecule has 3 heteroatoms. The molecule has 0 radical (unpaired) electrons. The Morgan fingerprint density at radius 3 is 2.24 bits per heavy atom. The lowest BCUT2D eigenvalue weighted by Crippen LogP contribution is -2.32. The van der Waals surface area contributed by atoms with Crippen molar-refractivity contribution < 1.29 is 9.59 Å². The number of allylic oxidation sites excluding steroid dienone is 2. The van der Waals surface area contributed by atoms with Gasteiger partial charge in [0.1, 0.15) is 0 Å². The van der Waals surface area contributed by atoms with Crippen LogP contribution in [0.1, 0.15) is 53.4 Å². The molecule has 3 atom stereocenters. The summed E-state index contributed by atoms with van der Waals surface area (Å²) in [5.74, 6) is 2.31. The lowest BCUT2D eigenvalue weighted by atomic mass is 9.89. The number of unbranched alkanes of at least 4 members (excludes halogenated alkanes) is 1. The summed E-state index contributed by atoms with van der Waals surface area (Å²) in [6.07, 6.45) is 10.8. The fraction of sp³-hybridized carbons (Fsp3) is 0.667. The van der Waals surface area contributed by atoms with Gasteiger partial charge in [0.25, 0.3) is 11.8 Å². The van der Waals surface area contributed by atoms with Crippen LogP contribution in [0.3, 0.4) is 0 Å². The standard InChI is InChI=1S/C17H23NO2.CH4/c1-11-12(2)17(20)18(16(11)19)8-4-3-5-14-9-13-6-7-15(14)10-13;/h6-7,13-15H,3-5,8-10H2,1-2H3;1H4. The maximum atomic E-state index is 11.9. The molecule has 2 bridgehead atoms. The second-order valence-electron chi connectivity index (χ2n) is 6.55. The average molecular weight is 289 g/mol. The Labute approximate surface area is 128 Å². The van der Waals surface area contributed by atoms with Crippen LogP contribution in [0.5, 0.6) is 0 Å². The van der Waals surface area contributed by atoms with Gasteiger partial charge in [-0.15, -0.1) is 0 Å². The van der Waals surface area contributed by atoms with Crippen molar-refractivity contribution in [3.05, 3.63) is 23.3 Å². The van der Waals surface area contributed by atoms with Gasteiger partial charge in [-0.1, -0.05) is 26.0 Å². The Hall–Kier alpha value is -1.38. The lowest BCUT2D eigenvalue weighted by molar-refractivity contribution is -0.137. The van der Waals surface area contributed by atoms with Crippen molar-refractivity contribution in [1.82, 2.24) is 4.90 Å². The van der Waals surface area contributed by atoms with Crippen LogP contribution in [-0.2, 0) is 9.59 Å². The number of amides is 2. The molecule has 0 N–H and O–H groups in total. The fourth-order valence-corrected chi connectivity index (χ4v) is 3.92. The zero-order valence-corrected chi connectivity index (χ0v) is 12.4. The van der Waals surface area contributed by atoms with Crippen LogP contribution in [0.4, 0.5) is 0 Å². The normalized spacial score (nSPS) is 30.6. The van der Waals surface area contributed by atoms with E-state index in [0.717, 1.165) is 30.6 Å². The summed E-state index contributed by atoms with van der Waals surface area (Å²) in [5.41, 5.74) is 1.24. The number of rotatable bonds is 5. The SMILES string of the molecule is C.CC1=C(C)C(=O)N(CCCCC2CC3C=CC2C3)C1=O. The van der Waals surface area contributed by atoms with Crippen LogP contribution in [-0.4, -0.2) is 23.3 Å². The number of carbonyl (C=O) groups excluding carboxylic acids is 2. The predicted molar refractivity (Wildman–Crippen MR) is 84.5 cm³/mol. The summed E-state index contributed by atoms with van der Waals surface area (Å²) in [6.45, 7) is 4.08. The first-order valence-corrected chi connectivity index (χ1v) is 7.80. The molecule has 0 spiro atoms. The van der Waals surface area contributed by atoms with Gasteiger partial charge in [0.05, 0.1) is 0 Å². The first kappa shape index (κ1) is 16.0. The van der Waals surface area contributed by atoms with Crippen molar-refractivity contribution in [2.75, 3.05) is 6.54 Å². The summed E-state index contributed by atoms with van der Waals surface area (Å²) in [6, 6.07) is 0. The minimum atomic E-state index is -0.0876. The van der Waals surface area contributed by atoms with E-state index in [9.17, 15) is 9.59 Å². The third-order valence-electron chi connectivity index (χ3n) is 5.32. The number of fused-ring (bicyclic) bond motifs is 2. The molecule has 0 aromatic heterocycles. The molecular weight excluding hydrogens is 262 g/mol. The van der Waals surface area contributed by atoms with Crippen LogP contribution in [0, 0.1) is 17.8 Å². The molecule has 0 aromatic rings. The highest BCUT2D eigenvalue weighted by Crippen LogP contribution is 2.45. The van der Waals surface area contributed by atoms with Gasteiger partial charge in [-0.2, -0.15) is 0 Å². The molecule has 3 aliphatic rings. The maximum absolute atomic E-state index is 11.9. The second-order valence-corrected chi connectivity index (χ2v) is 6.55. The van der Waals surface area contributed by atoms with Gasteiger partial charge in [0.2, 0.25) is 0 Å². The number of imide groups is 1. The summed E-state index contributed by atoms with van der Waals surface area (Å²) < 4.78 is 0. The molecule has 3 unspecified atom stereocenters. The Bertz CT molecular complexity index is 479. The Kier molecular flexibility index (Phi) is 4.70. The number of carbonyl (C=O) groups is 2. The van der Waals surface area contributed by atoms with Gasteiger partial charge < -0.3 is 0 Å². The summed E-state index contributed by atoms with van der Waals surface area (Å²) in [4.78, 5) is 25.3. The van der Waals surface area contributed by atoms with Gasteiger partial charge >= 0.3 is 0 Å². The first-order chi connectivity index (χ1) is 9.58. The number of nitrogens with zero attached hydrogens (tertiary/aromatic N) is 1. The van der Waals surface area contributed by atoms with E-state index in [1.54, 1.807) is 13.8 Å². The molecule has 21 heavy (non-hydrogen) atoms. The van der Waals surface area contributed by atoms with Crippen LogP contribution < -0.4 is 0 Å².